The Bertz CT molecular complexity index is 755. The molecule has 0 saturated heterocycles. The van der Waals surface area contributed by atoms with Crippen molar-refractivity contribution >= 4 is 23.6 Å². The van der Waals surface area contributed by atoms with E-state index in [1.165, 1.54) is 18.7 Å². The fourth-order valence-electron chi connectivity index (χ4n) is 2.29. The Kier molecular flexibility index (Phi) is 7.30. The van der Waals surface area contributed by atoms with Gasteiger partial charge in [0.1, 0.15) is 17.5 Å². The third-order valence-electron chi connectivity index (χ3n) is 3.41. The van der Waals surface area contributed by atoms with Crippen LogP contribution in [0.15, 0.2) is 59.5 Å². The van der Waals surface area contributed by atoms with Crippen LogP contribution in [0.1, 0.15) is 27.7 Å². The maximum Gasteiger partial charge on any atom is 0.243 e. The van der Waals surface area contributed by atoms with Gasteiger partial charge in [-0.2, -0.15) is 0 Å². The summed E-state index contributed by atoms with van der Waals surface area (Å²) >= 11 is 1.51. The summed E-state index contributed by atoms with van der Waals surface area (Å²) in [5.74, 6) is 1.56. The smallest absolute Gasteiger partial charge is 0.243 e. The SMILES string of the molecule is CC(=O)NC(CSc1ccc(Oc2ccccc2)cc1)C(=O)NC(C)(C)C. The summed E-state index contributed by atoms with van der Waals surface area (Å²) in [5, 5.41) is 5.63. The highest BCUT2D eigenvalue weighted by molar-refractivity contribution is 7.99. The summed E-state index contributed by atoms with van der Waals surface area (Å²) in [6.07, 6.45) is 0. The van der Waals surface area contributed by atoms with Gasteiger partial charge in [-0.15, -0.1) is 11.8 Å². The Hall–Kier alpha value is -2.47. The van der Waals surface area contributed by atoms with Gasteiger partial charge in [0.05, 0.1) is 0 Å². The molecular formula is C21H26N2O3S. The third kappa shape index (κ3) is 7.74. The maximum absolute atomic E-state index is 12.4. The third-order valence-corrected chi connectivity index (χ3v) is 4.52. The molecule has 0 aromatic heterocycles. The number of carbonyl (C=O) groups excluding carboxylic acids is 2. The summed E-state index contributed by atoms with van der Waals surface area (Å²) in [6.45, 7) is 7.15. The Labute approximate surface area is 164 Å². The lowest BCUT2D eigenvalue weighted by atomic mass is 10.1. The first-order chi connectivity index (χ1) is 12.7. The molecule has 0 aliphatic heterocycles. The zero-order valence-electron chi connectivity index (χ0n) is 16.1. The molecule has 5 nitrogen and oxygen atoms in total. The number of carbonyl (C=O) groups is 2. The number of thioether (sulfide) groups is 1. The molecule has 144 valence electrons. The summed E-state index contributed by atoms with van der Waals surface area (Å²) in [6, 6.07) is 16.6. The second-order valence-electron chi connectivity index (χ2n) is 7.19. The van der Waals surface area contributed by atoms with Crippen molar-refractivity contribution in [1.82, 2.24) is 10.6 Å². The first-order valence-corrected chi connectivity index (χ1v) is 9.76. The fraction of sp³-hybridized carbons (Fsp3) is 0.333. The van der Waals surface area contributed by atoms with Crippen molar-refractivity contribution in [1.29, 1.82) is 0 Å². The highest BCUT2D eigenvalue weighted by Gasteiger charge is 2.23. The van der Waals surface area contributed by atoms with Gasteiger partial charge in [0, 0.05) is 23.1 Å². The summed E-state index contributed by atoms with van der Waals surface area (Å²) in [7, 11) is 0. The van der Waals surface area contributed by atoms with Crippen LogP contribution < -0.4 is 15.4 Å². The average Bonchev–Trinajstić information content (AvgIpc) is 2.59. The molecule has 0 radical (unpaired) electrons. The molecule has 0 spiro atoms. The lowest BCUT2D eigenvalue weighted by Gasteiger charge is -2.25. The summed E-state index contributed by atoms with van der Waals surface area (Å²) < 4.78 is 5.77. The lowest BCUT2D eigenvalue weighted by Crippen LogP contribution is -2.52. The monoisotopic (exact) mass is 386 g/mol. The normalized spacial score (nSPS) is 12.1. The second-order valence-corrected chi connectivity index (χ2v) is 8.28. The highest BCUT2D eigenvalue weighted by Crippen LogP contribution is 2.25. The van der Waals surface area contributed by atoms with Crippen molar-refractivity contribution in [2.75, 3.05) is 5.75 Å². The van der Waals surface area contributed by atoms with Gasteiger partial charge in [0.2, 0.25) is 11.8 Å². The highest BCUT2D eigenvalue weighted by atomic mass is 32.2. The van der Waals surface area contributed by atoms with Crippen LogP contribution in [-0.4, -0.2) is 29.1 Å². The zero-order valence-corrected chi connectivity index (χ0v) is 16.9. The van der Waals surface area contributed by atoms with E-state index in [0.29, 0.717) is 5.75 Å². The second kappa shape index (κ2) is 9.46. The standard InChI is InChI=1S/C21H26N2O3S/c1-15(24)22-19(20(25)23-21(2,3)4)14-27-18-12-10-17(11-13-18)26-16-8-6-5-7-9-16/h5-13,19H,14H2,1-4H3,(H,22,24)(H,23,25). The first-order valence-electron chi connectivity index (χ1n) is 8.78. The maximum atomic E-state index is 12.4. The number of hydrogen-bond acceptors (Lipinski definition) is 4. The van der Waals surface area contributed by atoms with Crippen molar-refractivity contribution in [3.8, 4) is 11.5 Å². The molecule has 2 aromatic carbocycles. The minimum atomic E-state index is -0.591. The van der Waals surface area contributed by atoms with Crippen LogP contribution in [0.3, 0.4) is 0 Å². The molecule has 2 rings (SSSR count). The lowest BCUT2D eigenvalue weighted by molar-refractivity contribution is -0.128. The predicted octanol–water partition coefficient (Wildman–Crippen LogP) is 3.99. The van der Waals surface area contributed by atoms with Gasteiger partial charge >= 0.3 is 0 Å². The molecule has 2 aromatic rings. The predicted molar refractivity (Wildman–Crippen MR) is 109 cm³/mol. The molecule has 0 saturated carbocycles. The van der Waals surface area contributed by atoms with E-state index in [1.807, 2.05) is 75.4 Å². The Morgan fingerprint density at radius 2 is 1.59 bits per heavy atom. The van der Waals surface area contributed by atoms with Gasteiger partial charge < -0.3 is 15.4 Å². The van der Waals surface area contributed by atoms with Gasteiger partial charge in [0.15, 0.2) is 0 Å². The summed E-state index contributed by atoms with van der Waals surface area (Å²) in [4.78, 5) is 24.8. The fourth-order valence-corrected chi connectivity index (χ4v) is 3.22. The number of ether oxygens (including phenoxy) is 1. The first kappa shape index (κ1) is 20.8. The Morgan fingerprint density at radius 3 is 2.15 bits per heavy atom. The van der Waals surface area contributed by atoms with Crippen LogP contribution >= 0.6 is 11.8 Å². The van der Waals surface area contributed by atoms with Crippen LogP contribution in [0.5, 0.6) is 11.5 Å². The molecule has 2 N–H and O–H groups in total. The largest absolute Gasteiger partial charge is 0.457 e. The van der Waals surface area contributed by atoms with E-state index in [9.17, 15) is 9.59 Å². The molecule has 1 unspecified atom stereocenters. The van der Waals surface area contributed by atoms with E-state index in [-0.39, 0.29) is 17.4 Å². The molecule has 6 heteroatoms. The molecule has 0 aliphatic carbocycles. The van der Waals surface area contributed by atoms with E-state index < -0.39 is 6.04 Å². The van der Waals surface area contributed by atoms with Crippen LogP contribution in [0.25, 0.3) is 0 Å². The Balaban J connectivity index is 1.95. The van der Waals surface area contributed by atoms with Crippen molar-refractivity contribution < 1.29 is 14.3 Å². The molecule has 0 heterocycles. The number of hydrogen-bond donors (Lipinski definition) is 2. The van der Waals surface area contributed by atoms with Gasteiger partial charge in [-0.3, -0.25) is 9.59 Å². The van der Waals surface area contributed by atoms with Crippen molar-refractivity contribution in [3.63, 3.8) is 0 Å². The topological polar surface area (TPSA) is 67.4 Å². The van der Waals surface area contributed by atoms with Gasteiger partial charge in [0.25, 0.3) is 0 Å². The van der Waals surface area contributed by atoms with Gasteiger partial charge in [-0.05, 0) is 57.2 Å². The minimum absolute atomic E-state index is 0.186. The molecule has 0 fully saturated rings. The quantitative estimate of drug-likeness (QED) is 0.706. The van der Waals surface area contributed by atoms with E-state index in [2.05, 4.69) is 10.6 Å². The number of nitrogens with one attached hydrogen (secondary N) is 2. The number of benzene rings is 2. The van der Waals surface area contributed by atoms with Crippen molar-refractivity contribution in [3.05, 3.63) is 54.6 Å². The number of rotatable bonds is 7. The van der Waals surface area contributed by atoms with Gasteiger partial charge in [-0.1, -0.05) is 18.2 Å². The van der Waals surface area contributed by atoms with Crippen LogP contribution in [-0.2, 0) is 9.59 Å². The molecule has 2 amide bonds. The van der Waals surface area contributed by atoms with Crippen LogP contribution in [0, 0.1) is 0 Å². The molecule has 1 atom stereocenters. The molecule has 0 bridgehead atoms. The van der Waals surface area contributed by atoms with E-state index in [4.69, 9.17) is 4.74 Å². The zero-order chi connectivity index (χ0) is 19.9. The van der Waals surface area contributed by atoms with Crippen LogP contribution in [0.4, 0.5) is 0 Å². The van der Waals surface area contributed by atoms with E-state index in [1.54, 1.807) is 0 Å². The summed E-state index contributed by atoms with van der Waals surface area (Å²) in [5.41, 5.74) is -0.352. The minimum Gasteiger partial charge on any atom is -0.457 e. The van der Waals surface area contributed by atoms with Crippen molar-refractivity contribution in [2.45, 2.75) is 44.2 Å². The average molecular weight is 387 g/mol. The van der Waals surface area contributed by atoms with Crippen LogP contribution in [0.2, 0.25) is 0 Å². The molecule has 0 aliphatic rings. The number of amides is 2. The Morgan fingerprint density at radius 1 is 1.00 bits per heavy atom. The van der Waals surface area contributed by atoms with Crippen molar-refractivity contribution in [2.24, 2.45) is 0 Å². The number of para-hydroxylation sites is 1. The van der Waals surface area contributed by atoms with E-state index in [0.717, 1.165) is 16.4 Å². The molecular weight excluding hydrogens is 360 g/mol. The molecule has 27 heavy (non-hydrogen) atoms. The van der Waals surface area contributed by atoms with E-state index >= 15 is 0 Å². The van der Waals surface area contributed by atoms with Gasteiger partial charge in [-0.25, -0.2) is 0 Å².